The molecule has 88 valence electrons. The highest BCUT2D eigenvalue weighted by atomic mass is 19.1. The van der Waals surface area contributed by atoms with E-state index in [1.807, 2.05) is 12.1 Å². The predicted octanol–water partition coefficient (Wildman–Crippen LogP) is 2.16. The molecule has 1 fully saturated rings. The number of alkyl halides is 1. The Labute approximate surface area is 96.2 Å². The number of hydrogen-bond donors (Lipinski definition) is 1. The molecule has 1 atom stereocenters. The maximum Gasteiger partial charge on any atom is 0.114 e. The average Bonchev–Trinajstić information content (AvgIpc) is 2.66. The molecular formula is C13H19FN2. The summed E-state index contributed by atoms with van der Waals surface area (Å²) in [6.07, 6.45) is 0.971. The molecule has 0 aromatic heterocycles. The van der Waals surface area contributed by atoms with Crippen molar-refractivity contribution in [2.75, 3.05) is 25.4 Å². The van der Waals surface area contributed by atoms with E-state index in [0.717, 1.165) is 25.2 Å². The maximum absolute atomic E-state index is 13.0. The highest BCUT2D eigenvalue weighted by Gasteiger charge is 2.21. The van der Waals surface area contributed by atoms with Crippen LogP contribution in [0.2, 0.25) is 0 Å². The predicted molar refractivity (Wildman–Crippen MR) is 65.2 cm³/mol. The highest BCUT2D eigenvalue weighted by molar-refractivity contribution is 5.48. The fourth-order valence-electron chi connectivity index (χ4n) is 2.22. The number of nitrogens with two attached hydrogens (primary N) is 1. The second kappa shape index (κ2) is 4.83. The summed E-state index contributed by atoms with van der Waals surface area (Å²) in [5.74, 6) is 0. The lowest BCUT2D eigenvalue weighted by atomic mass is 10.1. The molecule has 2 rings (SSSR count). The molecule has 1 aromatic carbocycles. The fourth-order valence-corrected chi connectivity index (χ4v) is 2.22. The molecule has 0 bridgehead atoms. The molecular weight excluding hydrogens is 203 g/mol. The lowest BCUT2D eigenvalue weighted by Gasteiger charge is -2.15. The van der Waals surface area contributed by atoms with Crippen molar-refractivity contribution in [1.29, 1.82) is 0 Å². The summed E-state index contributed by atoms with van der Waals surface area (Å²) >= 11 is 0. The van der Waals surface area contributed by atoms with Crippen LogP contribution in [0, 0.1) is 6.92 Å². The number of halogens is 1. The van der Waals surface area contributed by atoms with Gasteiger partial charge in [0.1, 0.15) is 6.17 Å². The zero-order valence-electron chi connectivity index (χ0n) is 9.75. The highest BCUT2D eigenvalue weighted by Crippen LogP contribution is 2.17. The van der Waals surface area contributed by atoms with Crippen LogP contribution < -0.4 is 5.73 Å². The van der Waals surface area contributed by atoms with Crippen LogP contribution in [0.3, 0.4) is 0 Å². The molecule has 3 heteroatoms. The zero-order chi connectivity index (χ0) is 11.5. The third-order valence-corrected chi connectivity index (χ3v) is 3.21. The molecule has 0 spiro atoms. The van der Waals surface area contributed by atoms with Gasteiger partial charge in [-0.2, -0.15) is 0 Å². The average molecular weight is 222 g/mol. The van der Waals surface area contributed by atoms with E-state index in [2.05, 4.69) is 17.9 Å². The summed E-state index contributed by atoms with van der Waals surface area (Å²) in [5.41, 5.74) is 9.17. The first-order chi connectivity index (χ1) is 7.65. The Morgan fingerprint density at radius 1 is 1.50 bits per heavy atom. The summed E-state index contributed by atoms with van der Waals surface area (Å²) in [5, 5.41) is 0. The van der Waals surface area contributed by atoms with Crippen LogP contribution in [0.5, 0.6) is 0 Å². The molecule has 2 nitrogen and oxygen atoms in total. The van der Waals surface area contributed by atoms with Crippen molar-refractivity contribution in [3.8, 4) is 0 Å². The van der Waals surface area contributed by atoms with Gasteiger partial charge in [0.15, 0.2) is 0 Å². The van der Waals surface area contributed by atoms with E-state index in [1.54, 1.807) is 0 Å². The molecule has 0 radical (unpaired) electrons. The summed E-state index contributed by atoms with van der Waals surface area (Å²) in [7, 11) is 0. The Morgan fingerprint density at radius 3 is 3.00 bits per heavy atom. The molecule has 0 amide bonds. The lowest BCUT2D eigenvalue weighted by molar-refractivity contribution is 0.290. The molecule has 1 aliphatic heterocycles. The van der Waals surface area contributed by atoms with Gasteiger partial charge in [0.2, 0.25) is 0 Å². The van der Waals surface area contributed by atoms with Crippen molar-refractivity contribution >= 4 is 5.69 Å². The van der Waals surface area contributed by atoms with Crippen LogP contribution in [-0.4, -0.2) is 30.7 Å². The minimum Gasteiger partial charge on any atom is -0.399 e. The van der Waals surface area contributed by atoms with Gasteiger partial charge in [-0.1, -0.05) is 17.7 Å². The molecule has 0 saturated carbocycles. The van der Waals surface area contributed by atoms with E-state index in [-0.39, 0.29) is 0 Å². The van der Waals surface area contributed by atoms with Crippen LogP contribution in [0.1, 0.15) is 17.5 Å². The van der Waals surface area contributed by atoms with Crippen LogP contribution in [0.15, 0.2) is 18.2 Å². The first-order valence-electron chi connectivity index (χ1n) is 5.86. The smallest absolute Gasteiger partial charge is 0.114 e. The Morgan fingerprint density at radius 2 is 2.31 bits per heavy atom. The molecule has 1 aliphatic rings. The third-order valence-electron chi connectivity index (χ3n) is 3.21. The fraction of sp³-hybridized carbons (Fsp3) is 0.538. The Balaban J connectivity index is 1.91. The van der Waals surface area contributed by atoms with Crippen molar-refractivity contribution in [2.45, 2.75) is 25.9 Å². The summed E-state index contributed by atoms with van der Waals surface area (Å²) in [6.45, 7) is 4.45. The van der Waals surface area contributed by atoms with Crippen molar-refractivity contribution < 1.29 is 4.39 Å². The van der Waals surface area contributed by atoms with E-state index in [1.165, 1.54) is 11.1 Å². The normalized spacial score (nSPS) is 21.5. The minimum absolute atomic E-state index is 0.589. The number of nitrogen functional groups attached to an aromatic ring is 1. The maximum atomic E-state index is 13.0. The van der Waals surface area contributed by atoms with E-state index >= 15 is 0 Å². The van der Waals surface area contributed by atoms with Crippen molar-refractivity contribution in [2.24, 2.45) is 0 Å². The third kappa shape index (κ3) is 2.73. The van der Waals surface area contributed by atoms with Gasteiger partial charge in [0, 0.05) is 25.3 Å². The number of likely N-dealkylation sites (tertiary alicyclic amines) is 1. The standard InChI is InChI=1S/C13H19FN2/c1-10-2-3-13(15)11(8-10)4-6-16-7-5-12(14)9-16/h2-3,8,12H,4-7,9,15H2,1H3/t12-/m0/s1. The van der Waals surface area contributed by atoms with Crippen molar-refractivity contribution in [1.82, 2.24) is 4.90 Å². The molecule has 1 aromatic rings. The van der Waals surface area contributed by atoms with Gasteiger partial charge in [0.05, 0.1) is 0 Å². The number of benzene rings is 1. The largest absolute Gasteiger partial charge is 0.399 e. The zero-order valence-corrected chi connectivity index (χ0v) is 9.75. The van der Waals surface area contributed by atoms with Gasteiger partial charge in [-0.15, -0.1) is 0 Å². The number of rotatable bonds is 3. The molecule has 1 saturated heterocycles. The number of anilines is 1. The second-order valence-corrected chi connectivity index (χ2v) is 4.64. The number of aryl methyl sites for hydroxylation is 1. The topological polar surface area (TPSA) is 29.3 Å². The molecule has 0 unspecified atom stereocenters. The Hall–Kier alpha value is -1.09. The lowest BCUT2D eigenvalue weighted by Crippen LogP contribution is -2.23. The Kier molecular flexibility index (Phi) is 3.44. The van der Waals surface area contributed by atoms with Gasteiger partial charge in [-0.25, -0.2) is 4.39 Å². The van der Waals surface area contributed by atoms with Crippen LogP contribution >= 0.6 is 0 Å². The van der Waals surface area contributed by atoms with E-state index in [4.69, 9.17) is 5.73 Å². The SMILES string of the molecule is Cc1ccc(N)c(CCN2CC[C@H](F)C2)c1. The van der Waals surface area contributed by atoms with Gasteiger partial charge < -0.3 is 10.6 Å². The van der Waals surface area contributed by atoms with Gasteiger partial charge >= 0.3 is 0 Å². The van der Waals surface area contributed by atoms with Crippen LogP contribution in [0.4, 0.5) is 10.1 Å². The van der Waals surface area contributed by atoms with Gasteiger partial charge in [-0.05, 0) is 31.4 Å². The van der Waals surface area contributed by atoms with Gasteiger partial charge in [-0.3, -0.25) is 0 Å². The summed E-state index contributed by atoms with van der Waals surface area (Å²) in [6, 6.07) is 6.09. The van der Waals surface area contributed by atoms with Crippen molar-refractivity contribution in [3.05, 3.63) is 29.3 Å². The van der Waals surface area contributed by atoms with Crippen molar-refractivity contribution in [3.63, 3.8) is 0 Å². The van der Waals surface area contributed by atoms with E-state index in [9.17, 15) is 4.39 Å². The first kappa shape index (κ1) is 11.4. The summed E-state index contributed by atoms with van der Waals surface area (Å²) < 4.78 is 13.0. The van der Waals surface area contributed by atoms with E-state index < -0.39 is 6.17 Å². The number of nitrogens with zero attached hydrogens (tertiary/aromatic N) is 1. The number of hydrogen-bond acceptors (Lipinski definition) is 2. The minimum atomic E-state index is -0.630. The Bertz CT molecular complexity index is 365. The first-order valence-corrected chi connectivity index (χ1v) is 5.86. The quantitative estimate of drug-likeness (QED) is 0.794. The summed E-state index contributed by atoms with van der Waals surface area (Å²) in [4.78, 5) is 2.17. The van der Waals surface area contributed by atoms with Crippen LogP contribution in [0.25, 0.3) is 0 Å². The van der Waals surface area contributed by atoms with E-state index in [0.29, 0.717) is 13.0 Å². The monoisotopic (exact) mass is 222 g/mol. The molecule has 0 aliphatic carbocycles. The molecule has 2 N–H and O–H groups in total. The molecule has 16 heavy (non-hydrogen) atoms. The molecule has 1 heterocycles. The van der Waals surface area contributed by atoms with Crippen LogP contribution in [-0.2, 0) is 6.42 Å². The second-order valence-electron chi connectivity index (χ2n) is 4.64. The van der Waals surface area contributed by atoms with Gasteiger partial charge in [0.25, 0.3) is 0 Å².